The Morgan fingerprint density at radius 1 is 1.19 bits per heavy atom. The van der Waals surface area contributed by atoms with Gasteiger partial charge in [-0.1, -0.05) is 30.4 Å². The molecule has 3 aromatic rings. The fourth-order valence-corrected chi connectivity index (χ4v) is 4.72. The summed E-state index contributed by atoms with van der Waals surface area (Å²) in [6.45, 7) is 4.24. The second-order valence-corrected chi connectivity index (χ2v) is 8.67. The van der Waals surface area contributed by atoms with Gasteiger partial charge in [-0.2, -0.15) is 0 Å². The first-order chi connectivity index (χ1) is 15.6. The van der Waals surface area contributed by atoms with Gasteiger partial charge >= 0.3 is 0 Å². The summed E-state index contributed by atoms with van der Waals surface area (Å²) in [6, 6.07) is 9.67. The highest BCUT2D eigenvalue weighted by Gasteiger charge is 2.62. The van der Waals surface area contributed by atoms with E-state index < -0.39 is 0 Å². The first kappa shape index (κ1) is 20.4. The summed E-state index contributed by atoms with van der Waals surface area (Å²) in [7, 11) is 0. The molecule has 6 heteroatoms. The molecule has 6 nitrogen and oxygen atoms in total. The Labute approximate surface area is 187 Å². The maximum absolute atomic E-state index is 13.3. The number of pyridine rings is 1. The van der Waals surface area contributed by atoms with Gasteiger partial charge in [0.25, 0.3) is 0 Å². The molecule has 3 atom stereocenters. The summed E-state index contributed by atoms with van der Waals surface area (Å²) < 4.78 is 6.20. The molecule has 2 heterocycles. The van der Waals surface area contributed by atoms with Crippen molar-refractivity contribution in [2.45, 2.75) is 26.7 Å². The van der Waals surface area contributed by atoms with Gasteiger partial charge in [-0.15, -0.1) is 0 Å². The number of allylic oxidation sites excluding steroid dienone is 4. The minimum absolute atomic E-state index is 0.0322. The largest absolute Gasteiger partial charge is 0.489 e. The summed E-state index contributed by atoms with van der Waals surface area (Å²) in [4.78, 5) is 26.4. The second kappa shape index (κ2) is 8.19. The molecule has 5 rings (SSSR count). The van der Waals surface area contributed by atoms with E-state index in [0.29, 0.717) is 12.4 Å². The minimum Gasteiger partial charge on any atom is -0.489 e. The van der Waals surface area contributed by atoms with Crippen LogP contribution in [0.1, 0.15) is 24.4 Å². The van der Waals surface area contributed by atoms with Crippen molar-refractivity contribution in [3.8, 4) is 5.75 Å². The number of nitrogens with zero attached hydrogens (tertiary/aromatic N) is 3. The van der Waals surface area contributed by atoms with Crippen LogP contribution < -0.4 is 10.1 Å². The first-order valence-electron chi connectivity index (χ1n) is 11.0. The van der Waals surface area contributed by atoms with Crippen LogP contribution in [0.2, 0.25) is 0 Å². The number of hydrogen-bond acceptors (Lipinski definition) is 5. The third-order valence-corrected chi connectivity index (χ3v) is 6.61. The molecule has 2 aliphatic carbocycles. The predicted octanol–water partition coefficient (Wildman–Crippen LogP) is 4.80. The molecule has 1 aromatic carbocycles. The number of carbonyl (C=O) groups is 1. The van der Waals surface area contributed by atoms with Gasteiger partial charge in [0, 0.05) is 22.9 Å². The van der Waals surface area contributed by atoms with Gasteiger partial charge in [0.15, 0.2) is 5.75 Å². The molecule has 1 N–H and O–H groups in total. The van der Waals surface area contributed by atoms with Gasteiger partial charge in [-0.25, -0.2) is 9.97 Å². The Bertz CT molecular complexity index is 1230. The molecule has 1 saturated carbocycles. The van der Waals surface area contributed by atoms with Crippen molar-refractivity contribution in [1.29, 1.82) is 0 Å². The number of hydrogen-bond donors (Lipinski definition) is 1. The van der Waals surface area contributed by atoms with E-state index in [1.54, 1.807) is 12.4 Å². The molecule has 0 spiro atoms. The number of amides is 1. The number of aryl methyl sites for hydroxylation is 2. The number of aromatic nitrogens is 3. The summed E-state index contributed by atoms with van der Waals surface area (Å²) in [6.07, 6.45) is 13.7. The van der Waals surface area contributed by atoms with Crippen molar-refractivity contribution in [2.75, 3.05) is 11.9 Å². The van der Waals surface area contributed by atoms with Gasteiger partial charge < -0.3 is 10.1 Å². The summed E-state index contributed by atoms with van der Waals surface area (Å²) in [5, 5.41) is 4.10. The average molecular weight is 427 g/mol. The molecule has 1 unspecified atom stereocenters. The van der Waals surface area contributed by atoms with E-state index in [0.717, 1.165) is 41.0 Å². The molecule has 0 bridgehead atoms. The van der Waals surface area contributed by atoms with Gasteiger partial charge in [0.05, 0.1) is 29.7 Å². The van der Waals surface area contributed by atoms with Gasteiger partial charge in [0.2, 0.25) is 5.91 Å². The quantitative estimate of drug-likeness (QED) is 0.613. The van der Waals surface area contributed by atoms with Crippen LogP contribution in [-0.4, -0.2) is 27.5 Å². The summed E-state index contributed by atoms with van der Waals surface area (Å²) in [5.41, 5.74) is 2.23. The minimum atomic E-state index is -0.245. The molecule has 1 amide bonds. The van der Waals surface area contributed by atoms with Crippen molar-refractivity contribution in [3.63, 3.8) is 0 Å². The highest BCUT2D eigenvalue weighted by molar-refractivity contribution is 6.03. The van der Waals surface area contributed by atoms with Crippen LogP contribution in [0.15, 0.2) is 67.0 Å². The van der Waals surface area contributed by atoms with Crippen LogP contribution >= 0.6 is 0 Å². The van der Waals surface area contributed by atoms with Crippen LogP contribution in [0.25, 0.3) is 10.9 Å². The van der Waals surface area contributed by atoms with Crippen LogP contribution in [0.5, 0.6) is 5.75 Å². The lowest BCUT2D eigenvalue weighted by atomic mass is 9.82. The zero-order valence-corrected chi connectivity index (χ0v) is 18.3. The van der Waals surface area contributed by atoms with Crippen LogP contribution in [-0.2, 0) is 4.79 Å². The Hall–Kier alpha value is -3.54. The van der Waals surface area contributed by atoms with E-state index in [9.17, 15) is 4.79 Å². The number of rotatable bonds is 6. The maximum Gasteiger partial charge on any atom is 0.228 e. The predicted molar refractivity (Wildman–Crippen MR) is 124 cm³/mol. The topological polar surface area (TPSA) is 77.0 Å². The second-order valence-electron chi connectivity index (χ2n) is 8.67. The zero-order valence-electron chi connectivity index (χ0n) is 18.3. The van der Waals surface area contributed by atoms with Crippen molar-refractivity contribution < 1.29 is 9.53 Å². The molecule has 2 aliphatic rings. The number of benzene rings is 1. The number of anilines is 1. The number of ether oxygens (including phenoxy) is 1. The number of fused-ring (bicyclic) bond motifs is 1. The van der Waals surface area contributed by atoms with E-state index in [2.05, 4.69) is 44.6 Å². The van der Waals surface area contributed by atoms with Crippen LogP contribution in [0.4, 0.5) is 5.69 Å². The number of carbonyl (C=O) groups excluding carboxylic acids is 1. The van der Waals surface area contributed by atoms with E-state index in [1.165, 1.54) is 0 Å². The van der Waals surface area contributed by atoms with Gasteiger partial charge in [0.1, 0.15) is 5.82 Å². The van der Waals surface area contributed by atoms with Gasteiger partial charge in [-0.05, 0) is 56.9 Å². The summed E-state index contributed by atoms with van der Waals surface area (Å²) in [5.74, 6) is 1.56. The Morgan fingerprint density at radius 2 is 2.09 bits per heavy atom. The Morgan fingerprint density at radius 3 is 2.91 bits per heavy atom. The highest BCUT2D eigenvalue weighted by Crippen LogP contribution is 2.60. The fourth-order valence-electron chi connectivity index (χ4n) is 4.72. The monoisotopic (exact) mass is 426 g/mol. The summed E-state index contributed by atoms with van der Waals surface area (Å²) >= 11 is 0. The molecule has 162 valence electrons. The molecule has 0 aliphatic heterocycles. The molecule has 0 saturated heterocycles. The third kappa shape index (κ3) is 3.77. The standard InChI is InChI=1S/C26H26N4O2/c1-17-24(15-28-18(2)29-17)32-16-26(19-8-4-3-5-9-19)14-21(26)25(31)30-23-12-6-11-22-20(23)10-7-13-27-22/h3-8,10-13,15,19,21H,9,14,16H2,1-2H3,(H,30,31)/t19?,21-,26+/m0/s1. The lowest BCUT2D eigenvalue weighted by molar-refractivity contribution is -0.118. The highest BCUT2D eigenvalue weighted by atomic mass is 16.5. The van der Waals surface area contributed by atoms with E-state index in [1.807, 2.05) is 44.2 Å². The molecular formula is C26H26N4O2. The van der Waals surface area contributed by atoms with Crippen LogP contribution in [0, 0.1) is 31.1 Å². The smallest absolute Gasteiger partial charge is 0.228 e. The lowest BCUT2D eigenvalue weighted by Gasteiger charge is -2.26. The zero-order chi connectivity index (χ0) is 22.1. The van der Waals surface area contributed by atoms with Crippen molar-refractivity contribution >= 4 is 22.5 Å². The number of nitrogens with one attached hydrogen (secondary N) is 1. The third-order valence-electron chi connectivity index (χ3n) is 6.61. The Balaban J connectivity index is 1.37. The normalized spacial score (nSPS) is 23.8. The van der Waals surface area contributed by atoms with Crippen LogP contribution in [0.3, 0.4) is 0 Å². The van der Waals surface area contributed by atoms with E-state index >= 15 is 0 Å². The fraction of sp³-hybridized carbons (Fsp3) is 0.308. The van der Waals surface area contributed by atoms with E-state index in [4.69, 9.17) is 4.74 Å². The molecular weight excluding hydrogens is 400 g/mol. The molecule has 1 fully saturated rings. The first-order valence-corrected chi connectivity index (χ1v) is 11.0. The van der Waals surface area contributed by atoms with Crippen molar-refractivity contribution in [2.24, 2.45) is 17.3 Å². The average Bonchev–Trinajstić information content (AvgIpc) is 3.55. The van der Waals surface area contributed by atoms with Crippen molar-refractivity contribution in [1.82, 2.24) is 15.0 Å². The lowest BCUT2D eigenvalue weighted by Crippen LogP contribution is -2.29. The van der Waals surface area contributed by atoms with Gasteiger partial charge in [-0.3, -0.25) is 9.78 Å². The Kier molecular flexibility index (Phi) is 5.21. The maximum atomic E-state index is 13.3. The molecule has 32 heavy (non-hydrogen) atoms. The van der Waals surface area contributed by atoms with Crippen molar-refractivity contribution in [3.05, 3.63) is 78.5 Å². The molecule has 2 aromatic heterocycles. The van der Waals surface area contributed by atoms with E-state index in [-0.39, 0.29) is 23.2 Å². The molecule has 0 radical (unpaired) electrons. The SMILES string of the molecule is Cc1ncc(OC[C@@]2(C3C=CC=CC3)C[C@H]2C(=O)Nc2cccc3ncccc23)c(C)n1.